The SMILES string of the molecule is Cc1nc2ccccn2c1C(=O)Nc1ccc(S(=O)(=O)Nc2ccc(Cl)nn2)cc1. The third-order valence-electron chi connectivity index (χ3n) is 4.21. The molecule has 0 saturated heterocycles. The first kappa shape index (κ1) is 19.8. The molecule has 3 heterocycles. The summed E-state index contributed by atoms with van der Waals surface area (Å²) >= 11 is 5.65. The van der Waals surface area contributed by atoms with E-state index in [0.29, 0.717) is 22.7 Å². The molecule has 0 unspecified atom stereocenters. The van der Waals surface area contributed by atoms with Crippen LogP contribution >= 0.6 is 11.6 Å². The minimum Gasteiger partial charge on any atom is -0.321 e. The molecule has 0 atom stereocenters. The van der Waals surface area contributed by atoms with Gasteiger partial charge in [-0.3, -0.25) is 13.9 Å². The second-order valence-electron chi connectivity index (χ2n) is 6.30. The topological polar surface area (TPSA) is 118 Å². The smallest absolute Gasteiger partial charge is 0.274 e. The zero-order chi connectivity index (χ0) is 21.3. The van der Waals surface area contributed by atoms with Crippen molar-refractivity contribution < 1.29 is 13.2 Å². The minimum atomic E-state index is -3.87. The summed E-state index contributed by atoms with van der Waals surface area (Å²) in [5, 5.41) is 10.2. The molecular formula is C19H15ClN6O3S. The lowest BCUT2D eigenvalue weighted by molar-refractivity contribution is 0.102. The normalized spacial score (nSPS) is 11.4. The lowest BCUT2D eigenvalue weighted by Crippen LogP contribution is -2.16. The molecule has 0 radical (unpaired) electrons. The standard InChI is InChI=1S/C19H15ClN6O3S/c1-12-18(26-11-3-2-4-17(26)21-12)19(27)22-13-5-7-14(8-6-13)30(28,29)25-16-10-9-15(20)23-24-16/h2-11H,1H3,(H,22,27)(H,24,25). The van der Waals surface area contributed by atoms with Gasteiger partial charge in [0.15, 0.2) is 11.0 Å². The number of benzene rings is 1. The molecule has 0 aliphatic rings. The van der Waals surface area contributed by atoms with E-state index < -0.39 is 10.0 Å². The predicted octanol–water partition coefficient (Wildman–Crippen LogP) is 3.14. The van der Waals surface area contributed by atoms with Crippen LogP contribution in [-0.2, 0) is 10.0 Å². The summed E-state index contributed by atoms with van der Waals surface area (Å²) in [6, 6.07) is 14.0. The monoisotopic (exact) mass is 442 g/mol. The molecule has 0 aliphatic carbocycles. The van der Waals surface area contributed by atoms with E-state index in [9.17, 15) is 13.2 Å². The van der Waals surface area contributed by atoms with Gasteiger partial charge in [-0.25, -0.2) is 13.4 Å². The number of sulfonamides is 1. The second-order valence-corrected chi connectivity index (χ2v) is 8.37. The highest BCUT2D eigenvalue weighted by atomic mass is 35.5. The number of amides is 1. The zero-order valence-corrected chi connectivity index (χ0v) is 17.1. The van der Waals surface area contributed by atoms with Crippen molar-refractivity contribution in [2.45, 2.75) is 11.8 Å². The second kappa shape index (κ2) is 7.73. The Kier molecular flexibility index (Phi) is 5.10. The van der Waals surface area contributed by atoms with Gasteiger partial charge in [0.05, 0.1) is 10.6 Å². The number of pyridine rings is 1. The summed E-state index contributed by atoms with van der Waals surface area (Å²) in [7, 11) is -3.87. The number of halogens is 1. The fraction of sp³-hybridized carbons (Fsp3) is 0.0526. The fourth-order valence-electron chi connectivity index (χ4n) is 2.86. The van der Waals surface area contributed by atoms with Gasteiger partial charge in [-0.15, -0.1) is 10.2 Å². The number of aromatic nitrogens is 4. The van der Waals surface area contributed by atoms with Gasteiger partial charge < -0.3 is 5.32 Å². The molecular weight excluding hydrogens is 428 g/mol. The molecule has 1 amide bonds. The van der Waals surface area contributed by atoms with Crippen LogP contribution in [0.15, 0.2) is 65.7 Å². The number of fused-ring (bicyclic) bond motifs is 1. The highest BCUT2D eigenvalue weighted by molar-refractivity contribution is 7.92. The van der Waals surface area contributed by atoms with E-state index in [0.717, 1.165) is 0 Å². The largest absolute Gasteiger partial charge is 0.321 e. The van der Waals surface area contributed by atoms with Crippen LogP contribution in [0.5, 0.6) is 0 Å². The highest BCUT2D eigenvalue weighted by Gasteiger charge is 2.18. The Labute approximate surface area is 176 Å². The number of carbonyl (C=O) groups excluding carboxylic acids is 1. The summed E-state index contributed by atoms with van der Waals surface area (Å²) in [5.41, 5.74) is 2.10. The lowest BCUT2D eigenvalue weighted by Gasteiger charge is -2.09. The van der Waals surface area contributed by atoms with Gasteiger partial charge in [-0.05, 0) is 55.5 Å². The summed E-state index contributed by atoms with van der Waals surface area (Å²) in [5.74, 6) is -0.309. The molecule has 4 aromatic rings. The van der Waals surface area contributed by atoms with E-state index in [2.05, 4.69) is 25.2 Å². The van der Waals surface area contributed by atoms with Crippen molar-refractivity contribution in [3.8, 4) is 0 Å². The Morgan fingerprint density at radius 3 is 2.50 bits per heavy atom. The molecule has 152 valence electrons. The van der Waals surface area contributed by atoms with E-state index in [1.54, 1.807) is 17.5 Å². The van der Waals surface area contributed by atoms with Crippen LogP contribution in [0, 0.1) is 6.92 Å². The third-order valence-corrected chi connectivity index (χ3v) is 5.78. The number of rotatable bonds is 5. The van der Waals surface area contributed by atoms with Crippen molar-refractivity contribution in [3.63, 3.8) is 0 Å². The fourth-order valence-corrected chi connectivity index (χ4v) is 3.96. The molecule has 1 aromatic carbocycles. The van der Waals surface area contributed by atoms with E-state index in [-0.39, 0.29) is 21.8 Å². The van der Waals surface area contributed by atoms with Crippen molar-refractivity contribution >= 4 is 44.7 Å². The van der Waals surface area contributed by atoms with Crippen molar-refractivity contribution in [1.82, 2.24) is 19.6 Å². The summed E-state index contributed by atoms with van der Waals surface area (Å²) in [4.78, 5) is 17.1. The number of imidazole rings is 1. The first-order valence-electron chi connectivity index (χ1n) is 8.71. The third kappa shape index (κ3) is 3.95. The van der Waals surface area contributed by atoms with E-state index in [1.165, 1.54) is 36.4 Å². The number of nitrogens with zero attached hydrogens (tertiary/aromatic N) is 4. The van der Waals surface area contributed by atoms with Crippen molar-refractivity contribution in [1.29, 1.82) is 0 Å². The quantitative estimate of drug-likeness (QED) is 0.490. The number of aryl methyl sites for hydroxylation is 1. The molecule has 9 nitrogen and oxygen atoms in total. The molecule has 0 aliphatic heterocycles. The number of nitrogens with one attached hydrogen (secondary N) is 2. The average molecular weight is 443 g/mol. The Hall–Kier alpha value is -3.50. The summed E-state index contributed by atoms with van der Waals surface area (Å²) < 4.78 is 29.0. The Morgan fingerprint density at radius 2 is 1.80 bits per heavy atom. The van der Waals surface area contributed by atoms with Gasteiger partial charge >= 0.3 is 0 Å². The first-order valence-corrected chi connectivity index (χ1v) is 10.6. The minimum absolute atomic E-state index is 0.00299. The van der Waals surface area contributed by atoms with Gasteiger partial charge in [0.2, 0.25) is 0 Å². The maximum Gasteiger partial charge on any atom is 0.274 e. The van der Waals surface area contributed by atoms with Crippen molar-refractivity contribution in [3.05, 3.63) is 77.3 Å². The van der Waals surface area contributed by atoms with Crippen LogP contribution in [0.3, 0.4) is 0 Å². The van der Waals surface area contributed by atoms with Crippen LogP contribution in [0.1, 0.15) is 16.2 Å². The highest BCUT2D eigenvalue weighted by Crippen LogP contribution is 2.19. The van der Waals surface area contributed by atoms with Crippen LogP contribution in [0.4, 0.5) is 11.5 Å². The molecule has 2 N–H and O–H groups in total. The summed E-state index contributed by atoms with van der Waals surface area (Å²) in [6.07, 6.45) is 1.76. The van der Waals surface area contributed by atoms with Gasteiger partial charge in [-0.1, -0.05) is 17.7 Å². The van der Waals surface area contributed by atoms with Gasteiger partial charge in [0, 0.05) is 11.9 Å². The number of carbonyl (C=O) groups is 1. The molecule has 30 heavy (non-hydrogen) atoms. The number of hydrogen-bond acceptors (Lipinski definition) is 6. The lowest BCUT2D eigenvalue weighted by atomic mass is 10.3. The molecule has 4 rings (SSSR count). The Balaban J connectivity index is 1.52. The Bertz CT molecular complexity index is 1340. The van der Waals surface area contributed by atoms with Crippen molar-refractivity contribution in [2.24, 2.45) is 0 Å². The van der Waals surface area contributed by atoms with E-state index in [1.807, 2.05) is 18.2 Å². The van der Waals surface area contributed by atoms with E-state index >= 15 is 0 Å². The Morgan fingerprint density at radius 1 is 1.03 bits per heavy atom. The average Bonchev–Trinajstić information content (AvgIpc) is 3.06. The molecule has 0 fully saturated rings. The number of anilines is 2. The van der Waals surface area contributed by atoms with Gasteiger partial charge in [0.1, 0.15) is 11.3 Å². The zero-order valence-electron chi connectivity index (χ0n) is 15.6. The summed E-state index contributed by atoms with van der Waals surface area (Å²) in [6.45, 7) is 1.75. The van der Waals surface area contributed by atoms with Gasteiger partial charge in [0.25, 0.3) is 15.9 Å². The molecule has 0 spiro atoms. The maximum absolute atomic E-state index is 12.7. The van der Waals surface area contributed by atoms with Crippen molar-refractivity contribution in [2.75, 3.05) is 10.0 Å². The van der Waals surface area contributed by atoms with Gasteiger partial charge in [-0.2, -0.15) is 0 Å². The van der Waals surface area contributed by atoms with Crippen LogP contribution in [0.2, 0.25) is 5.15 Å². The predicted molar refractivity (Wildman–Crippen MR) is 112 cm³/mol. The van der Waals surface area contributed by atoms with Crippen LogP contribution in [-0.4, -0.2) is 33.9 Å². The van der Waals surface area contributed by atoms with Crippen LogP contribution in [0.25, 0.3) is 5.65 Å². The molecule has 11 heteroatoms. The number of hydrogen-bond donors (Lipinski definition) is 2. The van der Waals surface area contributed by atoms with E-state index in [4.69, 9.17) is 11.6 Å². The molecule has 0 bridgehead atoms. The maximum atomic E-state index is 12.7. The first-order chi connectivity index (χ1) is 14.3. The molecule has 0 saturated carbocycles. The van der Waals surface area contributed by atoms with Crippen LogP contribution < -0.4 is 10.0 Å². The molecule has 3 aromatic heterocycles.